The van der Waals surface area contributed by atoms with E-state index >= 15 is 0 Å². The molecule has 22 heavy (non-hydrogen) atoms. The molecule has 1 aromatic rings. The molecule has 0 unspecified atom stereocenters. The van der Waals surface area contributed by atoms with Gasteiger partial charge in [-0.2, -0.15) is 0 Å². The molecule has 2 rings (SSSR count). The first-order valence-corrected chi connectivity index (χ1v) is 7.51. The summed E-state index contributed by atoms with van der Waals surface area (Å²) in [5, 5.41) is 0. The Bertz CT molecular complexity index is 521. The van der Waals surface area contributed by atoms with Crippen LogP contribution in [0.25, 0.3) is 0 Å². The minimum atomic E-state index is -0.571. The molecule has 0 bridgehead atoms. The van der Waals surface area contributed by atoms with Crippen LogP contribution in [0, 0.1) is 0 Å². The van der Waals surface area contributed by atoms with Crippen LogP contribution >= 0.6 is 0 Å². The fraction of sp³-hybridized carbons (Fsp3) is 0.529. The lowest BCUT2D eigenvalue weighted by atomic mass is 10.2. The van der Waals surface area contributed by atoms with Crippen LogP contribution in [0.1, 0.15) is 32.8 Å². The topological polar surface area (TPSA) is 55.8 Å². The molecular formula is C17H23NO4. The molecule has 0 aliphatic carbocycles. The summed E-state index contributed by atoms with van der Waals surface area (Å²) in [6.07, 6.45) is -0.0924. The normalized spacial score (nSPS) is 18.6. The summed E-state index contributed by atoms with van der Waals surface area (Å²) in [4.78, 5) is 25.6. The van der Waals surface area contributed by atoms with Crippen molar-refractivity contribution < 1.29 is 19.1 Å². The highest BCUT2D eigenvalue weighted by molar-refractivity contribution is 5.90. The van der Waals surface area contributed by atoms with Crippen LogP contribution in [0.15, 0.2) is 30.3 Å². The summed E-state index contributed by atoms with van der Waals surface area (Å²) < 4.78 is 11.0. The zero-order chi connectivity index (χ0) is 16.2. The van der Waals surface area contributed by atoms with Crippen molar-refractivity contribution in [3.63, 3.8) is 0 Å². The second-order valence-electron chi connectivity index (χ2n) is 6.41. The van der Waals surface area contributed by atoms with Crippen LogP contribution < -0.4 is 0 Å². The van der Waals surface area contributed by atoms with Crippen LogP contribution in [-0.4, -0.2) is 41.6 Å². The average molecular weight is 305 g/mol. The number of Topliss-reactive ketones (excluding diaryl/α,β-unsaturated/α-hetero) is 1. The van der Waals surface area contributed by atoms with Crippen LogP contribution in [0.4, 0.5) is 4.79 Å². The third-order valence-corrected chi connectivity index (χ3v) is 3.36. The number of ketones is 1. The lowest BCUT2D eigenvalue weighted by Gasteiger charge is -2.27. The van der Waals surface area contributed by atoms with Gasteiger partial charge in [0.05, 0.1) is 13.2 Å². The fourth-order valence-corrected chi connectivity index (χ4v) is 2.31. The minimum Gasteiger partial charge on any atom is -0.444 e. The van der Waals surface area contributed by atoms with Crippen LogP contribution in [0.2, 0.25) is 0 Å². The quantitative estimate of drug-likeness (QED) is 0.858. The van der Waals surface area contributed by atoms with E-state index in [1.54, 1.807) is 0 Å². The molecule has 0 saturated carbocycles. The Balaban J connectivity index is 1.89. The Labute approximate surface area is 131 Å². The molecule has 0 radical (unpaired) electrons. The van der Waals surface area contributed by atoms with Gasteiger partial charge in [-0.3, -0.25) is 9.69 Å². The number of carbonyl (C=O) groups is 2. The highest BCUT2D eigenvalue weighted by Crippen LogP contribution is 2.19. The molecule has 1 amide bonds. The number of benzene rings is 1. The summed E-state index contributed by atoms with van der Waals surface area (Å²) in [6, 6.07) is 9.19. The van der Waals surface area contributed by atoms with Crippen molar-refractivity contribution in [2.24, 2.45) is 0 Å². The van der Waals surface area contributed by atoms with E-state index in [0.29, 0.717) is 19.6 Å². The standard InChI is InChI=1S/C17H23NO4/c1-17(2,3)22-16(20)18-10-9-15(19)14(18)12-21-11-13-7-5-4-6-8-13/h4-8,14H,9-12H2,1-3H3/t14-/m1/s1. The zero-order valence-corrected chi connectivity index (χ0v) is 13.4. The lowest BCUT2D eigenvalue weighted by molar-refractivity contribution is -0.121. The third kappa shape index (κ3) is 4.56. The molecule has 1 aliphatic heterocycles. The summed E-state index contributed by atoms with van der Waals surface area (Å²) in [6.45, 7) is 6.45. The molecule has 1 fully saturated rings. The zero-order valence-electron chi connectivity index (χ0n) is 13.4. The highest BCUT2D eigenvalue weighted by atomic mass is 16.6. The van der Waals surface area contributed by atoms with Gasteiger partial charge in [0, 0.05) is 13.0 Å². The Kier molecular flexibility index (Phi) is 5.19. The molecule has 0 N–H and O–H groups in total. The van der Waals surface area contributed by atoms with Gasteiger partial charge in [-0.25, -0.2) is 4.79 Å². The second-order valence-corrected chi connectivity index (χ2v) is 6.41. The summed E-state index contributed by atoms with van der Waals surface area (Å²) in [7, 11) is 0. The molecule has 120 valence electrons. The summed E-state index contributed by atoms with van der Waals surface area (Å²) in [5.41, 5.74) is 0.467. The minimum absolute atomic E-state index is 0.0268. The summed E-state index contributed by atoms with van der Waals surface area (Å²) >= 11 is 0. The van der Waals surface area contributed by atoms with E-state index in [4.69, 9.17) is 9.47 Å². The van der Waals surface area contributed by atoms with Crippen molar-refractivity contribution in [1.29, 1.82) is 0 Å². The number of hydrogen-bond acceptors (Lipinski definition) is 4. The largest absolute Gasteiger partial charge is 0.444 e. The number of amides is 1. The highest BCUT2D eigenvalue weighted by Gasteiger charge is 2.38. The molecular weight excluding hydrogens is 282 g/mol. The summed E-state index contributed by atoms with van der Waals surface area (Å²) in [5.74, 6) is 0.0268. The first kappa shape index (κ1) is 16.5. The number of ether oxygens (including phenoxy) is 2. The van der Waals surface area contributed by atoms with Gasteiger partial charge in [0.25, 0.3) is 0 Å². The maximum atomic E-state index is 12.1. The molecule has 1 atom stereocenters. The second kappa shape index (κ2) is 6.92. The molecule has 1 saturated heterocycles. The van der Waals surface area contributed by atoms with Gasteiger partial charge in [0.15, 0.2) is 5.78 Å². The predicted octanol–water partition coefficient (Wildman–Crippen LogP) is 2.78. The Hall–Kier alpha value is -1.88. The van der Waals surface area contributed by atoms with Gasteiger partial charge in [0.1, 0.15) is 11.6 Å². The van der Waals surface area contributed by atoms with Gasteiger partial charge in [-0.05, 0) is 26.3 Å². The van der Waals surface area contributed by atoms with Crippen LogP contribution in [0.5, 0.6) is 0 Å². The maximum absolute atomic E-state index is 12.1. The number of rotatable bonds is 4. The van der Waals surface area contributed by atoms with E-state index in [1.165, 1.54) is 4.90 Å². The van der Waals surface area contributed by atoms with Gasteiger partial charge in [-0.1, -0.05) is 30.3 Å². The van der Waals surface area contributed by atoms with E-state index in [0.717, 1.165) is 5.56 Å². The maximum Gasteiger partial charge on any atom is 0.410 e. The van der Waals surface area contributed by atoms with Crippen molar-refractivity contribution in [3.05, 3.63) is 35.9 Å². The van der Waals surface area contributed by atoms with E-state index in [1.807, 2.05) is 51.1 Å². The SMILES string of the molecule is CC(C)(C)OC(=O)N1CCC(=O)[C@H]1COCc1ccccc1. The van der Waals surface area contributed by atoms with Gasteiger partial charge < -0.3 is 9.47 Å². The Morgan fingerprint density at radius 3 is 2.59 bits per heavy atom. The molecule has 0 aromatic heterocycles. The Morgan fingerprint density at radius 1 is 1.27 bits per heavy atom. The van der Waals surface area contributed by atoms with Crippen LogP contribution in [-0.2, 0) is 20.9 Å². The fourth-order valence-electron chi connectivity index (χ4n) is 2.31. The van der Waals surface area contributed by atoms with Crippen molar-refractivity contribution in [1.82, 2.24) is 4.90 Å². The average Bonchev–Trinajstić information content (AvgIpc) is 2.80. The van der Waals surface area contributed by atoms with Gasteiger partial charge in [-0.15, -0.1) is 0 Å². The molecule has 1 heterocycles. The smallest absolute Gasteiger partial charge is 0.410 e. The molecule has 1 aromatic carbocycles. The number of likely N-dealkylation sites (tertiary alicyclic amines) is 1. The van der Waals surface area contributed by atoms with Gasteiger partial charge >= 0.3 is 6.09 Å². The third-order valence-electron chi connectivity index (χ3n) is 3.36. The molecule has 5 nitrogen and oxygen atoms in total. The monoisotopic (exact) mass is 305 g/mol. The molecule has 5 heteroatoms. The van der Waals surface area contributed by atoms with Crippen molar-refractivity contribution in [2.45, 2.75) is 45.4 Å². The molecule has 0 spiro atoms. The van der Waals surface area contributed by atoms with Crippen molar-refractivity contribution in [3.8, 4) is 0 Å². The number of hydrogen-bond donors (Lipinski definition) is 0. The first-order valence-electron chi connectivity index (χ1n) is 7.51. The van der Waals surface area contributed by atoms with E-state index in [9.17, 15) is 9.59 Å². The van der Waals surface area contributed by atoms with E-state index < -0.39 is 17.7 Å². The van der Waals surface area contributed by atoms with E-state index in [-0.39, 0.29) is 12.4 Å². The van der Waals surface area contributed by atoms with Crippen LogP contribution in [0.3, 0.4) is 0 Å². The first-order chi connectivity index (χ1) is 10.4. The van der Waals surface area contributed by atoms with Crippen molar-refractivity contribution >= 4 is 11.9 Å². The number of carbonyl (C=O) groups excluding carboxylic acids is 2. The van der Waals surface area contributed by atoms with Crippen molar-refractivity contribution in [2.75, 3.05) is 13.2 Å². The van der Waals surface area contributed by atoms with E-state index in [2.05, 4.69) is 0 Å². The lowest BCUT2D eigenvalue weighted by Crippen LogP contribution is -2.43. The molecule has 1 aliphatic rings. The predicted molar refractivity (Wildman–Crippen MR) is 82.5 cm³/mol. The Morgan fingerprint density at radius 2 is 1.95 bits per heavy atom. The number of nitrogens with zero attached hydrogens (tertiary/aromatic N) is 1. The van der Waals surface area contributed by atoms with Gasteiger partial charge in [0.2, 0.25) is 0 Å².